The van der Waals surface area contributed by atoms with Crippen LogP contribution in [-0.2, 0) is 19.1 Å². The summed E-state index contributed by atoms with van der Waals surface area (Å²) >= 11 is 0. The molecule has 2 atom stereocenters. The first-order valence-corrected chi connectivity index (χ1v) is 6.58. The number of carbonyl (C=O) groups excluding carboxylic acids is 3. The van der Waals surface area contributed by atoms with Gasteiger partial charge in [-0.15, -0.1) is 0 Å². The van der Waals surface area contributed by atoms with Crippen LogP contribution in [0.1, 0.15) is 6.42 Å². The fourth-order valence-electron chi connectivity index (χ4n) is 3.23. The summed E-state index contributed by atoms with van der Waals surface area (Å²) < 4.78 is 4.54. The lowest BCUT2D eigenvalue weighted by Crippen LogP contribution is -2.81. The van der Waals surface area contributed by atoms with Crippen molar-refractivity contribution in [3.8, 4) is 0 Å². The van der Waals surface area contributed by atoms with Crippen LogP contribution in [0.25, 0.3) is 0 Å². The summed E-state index contributed by atoms with van der Waals surface area (Å²) in [5, 5.41) is 12.8. The topological polar surface area (TPSA) is 99.2 Å². The monoisotopic (exact) mass is 283 g/mol. The van der Waals surface area contributed by atoms with E-state index in [0.717, 1.165) is 4.90 Å². The van der Waals surface area contributed by atoms with Crippen molar-refractivity contribution in [1.29, 1.82) is 0 Å². The van der Waals surface area contributed by atoms with Crippen molar-refractivity contribution in [3.63, 3.8) is 0 Å². The molecule has 0 aromatic rings. The second kappa shape index (κ2) is 4.51. The molecular weight excluding hydrogens is 266 g/mol. The molecule has 0 aliphatic carbocycles. The molecule has 3 saturated heterocycles. The molecule has 8 heteroatoms. The normalized spacial score (nSPS) is 32.2. The average molecular weight is 283 g/mol. The molecule has 3 rings (SSSR count). The highest BCUT2D eigenvalue weighted by Gasteiger charge is 2.62. The first-order chi connectivity index (χ1) is 9.49. The van der Waals surface area contributed by atoms with Crippen molar-refractivity contribution in [2.24, 2.45) is 0 Å². The molecule has 0 radical (unpaired) electrons. The highest BCUT2D eigenvalue weighted by atomic mass is 16.5. The Morgan fingerprint density at radius 1 is 1.50 bits per heavy atom. The Bertz CT molecular complexity index is 476. The number of nitrogens with zero attached hydrogens (tertiary/aromatic N) is 2. The standard InChI is InChI=1S/C12H17N3O5/c1-20-9(17)4-14-10(18)8-2-7(16)3-15(8)12(11(14)19)5-13-6-12/h7-8,13,16H,2-6H2,1H3/t7-,8+/m1/s1. The van der Waals surface area contributed by atoms with Gasteiger partial charge in [0.2, 0.25) is 5.91 Å². The molecule has 3 aliphatic rings. The van der Waals surface area contributed by atoms with Crippen LogP contribution < -0.4 is 5.32 Å². The molecule has 110 valence electrons. The van der Waals surface area contributed by atoms with Crippen molar-refractivity contribution in [1.82, 2.24) is 15.1 Å². The number of hydrogen-bond acceptors (Lipinski definition) is 7. The zero-order valence-corrected chi connectivity index (χ0v) is 11.2. The van der Waals surface area contributed by atoms with Gasteiger partial charge >= 0.3 is 5.97 Å². The van der Waals surface area contributed by atoms with Gasteiger partial charge in [-0.1, -0.05) is 0 Å². The summed E-state index contributed by atoms with van der Waals surface area (Å²) in [5.74, 6) is -1.42. The van der Waals surface area contributed by atoms with Gasteiger partial charge in [0.15, 0.2) is 0 Å². The van der Waals surface area contributed by atoms with Crippen LogP contribution in [0.2, 0.25) is 0 Å². The average Bonchev–Trinajstić information content (AvgIpc) is 2.75. The number of nitrogens with one attached hydrogen (secondary N) is 1. The summed E-state index contributed by atoms with van der Waals surface area (Å²) in [6.07, 6.45) is -0.321. The molecule has 8 nitrogen and oxygen atoms in total. The summed E-state index contributed by atoms with van der Waals surface area (Å²) in [6, 6.07) is -0.533. The molecule has 2 N–H and O–H groups in total. The molecule has 2 amide bonds. The molecule has 0 unspecified atom stereocenters. The van der Waals surface area contributed by atoms with Crippen LogP contribution in [0.15, 0.2) is 0 Å². The molecule has 1 spiro atoms. The Labute approximate surface area is 115 Å². The SMILES string of the molecule is COC(=O)CN1C(=O)[C@@H]2C[C@@H](O)CN2C2(CNC2)C1=O. The quantitative estimate of drug-likeness (QED) is 0.420. The number of rotatable bonds is 2. The summed E-state index contributed by atoms with van der Waals surface area (Å²) in [6.45, 7) is 0.812. The number of aliphatic hydroxyl groups is 1. The number of β-amino-alcohol motifs (C(OH)–C–C–N with tert-alkyl or cyclic N) is 1. The van der Waals surface area contributed by atoms with E-state index >= 15 is 0 Å². The molecule has 20 heavy (non-hydrogen) atoms. The van der Waals surface area contributed by atoms with Crippen molar-refractivity contribution in [3.05, 3.63) is 0 Å². The van der Waals surface area contributed by atoms with Crippen LogP contribution in [-0.4, -0.2) is 83.7 Å². The minimum absolute atomic E-state index is 0.297. The van der Waals surface area contributed by atoms with E-state index in [0.29, 0.717) is 26.1 Å². The van der Waals surface area contributed by atoms with Gasteiger partial charge in [-0.25, -0.2) is 0 Å². The lowest BCUT2D eigenvalue weighted by atomic mass is 9.84. The minimum Gasteiger partial charge on any atom is -0.468 e. The number of imide groups is 1. The van der Waals surface area contributed by atoms with Gasteiger partial charge in [0, 0.05) is 19.6 Å². The van der Waals surface area contributed by atoms with E-state index in [1.807, 2.05) is 0 Å². The largest absolute Gasteiger partial charge is 0.468 e. The lowest BCUT2D eigenvalue weighted by molar-refractivity contribution is -0.174. The van der Waals surface area contributed by atoms with Crippen LogP contribution in [0.5, 0.6) is 0 Å². The number of fused-ring (bicyclic) bond motifs is 2. The molecule has 3 fully saturated rings. The van der Waals surface area contributed by atoms with Crippen molar-refractivity contribution < 1.29 is 24.2 Å². The van der Waals surface area contributed by atoms with E-state index in [1.165, 1.54) is 7.11 Å². The highest BCUT2D eigenvalue weighted by molar-refractivity contribution is 6.07. The van der Waals surface area contributed by atoms with E-state index in [1.54, 1.807) is 4.90 Å². The number of methoxy groups -OCH3 is 1. The van der Waals surface area contributed by atoms with Gasteiger partial charge in [-0.2, -0.15) is 0 Å². The molecule has 0 saturated carbocycles. The summed E-state index contributed by atoms with van der Waals surface area (Å²) in [5.41, 5.74) is -0.802. The molecule has 0 aromatic carbocycles. The van der Waals surface area contributed by atoms with Gasteiger partial charge in [-0.3, -0.25) is 24.2 Å². The van der Waals surface area contributed by atoms with Gasteiger partial charge in [0.1, 0.15) is 12.1 Å². The minimum atomic E-state index is -0.802. The molecule has 0 bridgehead atoms. The van der Waals surface area contributed by atoms with Gasteiger partial charge in [0.25, 0.3) is 5.91 Å². The van der Waals surface area contributed by atoms with Crippen molar-refractivity contribution in [2.75, 3.05) is 33.3 Å². The molecule has 0 aromatic heterocycles. The van der Waals surface area contributed by atoms with Crippen LogP contribution in [0.3, 0.4) is 0 Å². The second-order valence-corrected chi connectivity index (χ2v) is 5.50. The molecule has 3 heterocycles. The maximum Gasteiger partial charge on any atom is 0.325 e. The molecular formula is C12H17N3O5. The zero-order valence-electron chi connectivity index (χ0n) is 11.2. The number of hydrogen-bond donors (Lipinski definition) is 2. The Balaban J connectivity index is 1.91. The Morgan fingerprint density at radius 3 is 2.75 bits per heavy atom. The van der Waals surface area contributed by atoms with Crippen molar-refractivity contribution in [2.45, 2.75) is 24.1 Å². The number of piperazine rings is 1. The van der Waals surface area contributed by atoms with Gasteiger partial charge in [-0.05, 0) is 6.42 Å². The maximum absolute atomic E-state index is 12.6. The summed E-state index contributed by atoms with van der Waals surface area (Å²) in [7, 11) is 1.22. The molecule has 3 aliphatic heterocycles. The maximum atomic E-state index is 12.6. The predicted octanol–water partition coefficient (Wildman–Crippen LogP) is -2.69. The first kappa shape index (κ1) is 13.5. The van der Waals surface area contributed by atoms with Crippen LogP contribution in [0.4, 0.5) is 0 Å². The van der Waals surface area contributed by atoms with Gasteiger partial charge < -0.3 is 15.2 Å². The smallest absolute Gasteiger partial charge is 0.325 e. The number of aliphatic hydroxyl groups excluding tert-OH is 1. The van der Waals surface area contributed by atoms with E-state index in [4.69, 9.17) is 0 Å². The van der Waals surface area contributed by atoms with E-state index in [9.17, 15) is 19.5 Å². The number of ether oxygens (including phenoxy) is 1. The van der Waals surface area contributed by atoms with Crippen molar-refractivity contribution >= 4 is 17.8 Å². The third-order valence-corrected chi connectivity index (χ3v) is 4.37. The van der Waals surface area contributed by atoms with E-state index in [2.05, 4.69) is 10.1 Å². The van der Waals surface area contributed by atoms with Crippen LogP contribution in [0, 0.1) is 0 Å². The fourth-order valence-corrected chi connectivity index (χ4v) is 3.23. The number of carbonyl (C=O) groups is 3. The Kier molecular flexibility index (Phi) is 3.03. The first-order valence-electron chi connectivity index (χ1n) is 6.58. The van der Waals surface area contributed by atoms with E-state index in [-0.39, 0.29) is 12.5 Å². The lowest BCUT2D eigenvalue weighted by Gasteiger charge is -2.54. The van der Waals surface area contributed by atoms with Crippen LogP contribution >= 0.6 is 0 Å². The predicted molar refractivity (Wildman–Crippen MR) is 65.5 cm³/mol. The fraction of sp³-hybridized carbons (Fsp3) is 0.750. The van der Waals surface area contributed by atoms with Gasteiger partial charge in [0.05, 0.1) is 19.3 Å². The summed E-state index contributed by atoms with van der Waals surface area (Å²) in [4.78, 5) is 39.1. The third kappa shape index (κ3) is 1.68. The highest BCUT2D eigenvalue weighted by Crippen LogP contribution is 2.36. The Hall–Kier alpha value is -1.51. The second-order valence-electron chi connectivity index (χ2n) is 5.50. The third-order valence-electron chi connectivity index (χ3n) is 4.37. The number of esters is 1. The Morgan fingerprint density at radius 2 is 2.20 bits per heavy atom. The van der Waals surface area contributed by atoms with E-state index < -0.39 is 29.6 Å². The zero-order chi connectivity index (χ0) is 14.5. The number of amides is 2.